The number of carbonyl (C=O) groups is 1. The van der Waals surface area contributed by atoms with Crippen LogP contribution in [0.15, 0.2) is 23.3 Å². The normalized spacial score (nSPS) is 10.4. The molecule has 0 aliphatic rings. The van der Waals surface area contributed by atoms with Crippen molar-refractivity contribution in [3.05, 3.63) is 23.8 Å². The zero-order valence-corrected chi connectivity index (χ0v) is 15.1. The number of carbonyl (C=O) groups excluding carboxylic acids is 1. The second kappa shape index (κ2) is 12.5. The number of nitrogens with two attached hydrogens (primary N) is 1. The highest BCUT2D eigenvalue weighted by molar-refractivity contribution is 5.95. The van der Waals surface area contributed by atoms with Crippen molar-refractivity contribution in [3.8, 4) is 5.75 Å². The van der Waals surface area contributed by atoms with Gasteiger partial charge in [-0.1, -0.05) is 52.4 Å². The van der Waals surface area contributed by atoms with Crippen LogP contribution >= 0.6 is 0 Å². The van der Waals surface area contributed by atoms with Crippen molar-refractivity contribution in [3.63, 3.8) is 0 Å². The van der Waals surface area contributed by atoms with Crippen LogP contribution in [0.4, 0.5) is 5.69 Å². The lowest BCUT2D eigenvalue weighted by Crippen LogP contribution is -2.22. The molecule has 0 spiro atoms. The van der Waals surface area contributed by atoms with Gasteiger partial charge in [-0.25, -0.2) is 4.79 Å². The first-order valence-electron chi connectivity index (χ1n) is 9.07. The minimum atomic E-state index is -0.405. The Bertz CT molecular complexity index is 503. The maximum Gasteiger partial charge on any atom is 0.340 e. The van der Waals surface area contributed by atoms with Crippen LogP contribution in [0.2, 0.25) is 0 Å². The summed E-state index contributed by atoms with van der Waals surface area (Å²) in [6, 6.07) is 5.13. The zero-order valence-electron chi connectivity index (χ0n) is 15.1. The van der Waals surface area contributed by atoms with Crippen LogP contribution < -0.4 is 10.3 Å². The van der Waals surface area contributed by atoms with Crippen molar-refractivity contribution in [2.45, 2.75) is 65.2 Å². The average molecular weight is 335 g/mol. The van der Waals surface area contributed by atoms with Gasteiger partial charge in [-0.15, -0.1) is 0 Å². The molecule has 0 radical (unpaired) electrons. The number of nitrogens with zero attached hydrogens (tertiary/aromatic N) is 1. The van der Waals surface area contributed by atoms with E-state index in [0.717, 1.165) is 19.3 Å². The maximum atomic E-state index is 12.1. The lowest BCUT2D eigenvalue weighted by molar-refractivity contribution is -0.210. The van der Waals surface area contributed by atoms with Crippen LogP contribution in [-0.2, 0) is 4.74 Å². The molecule has 0 fully saturated rings. The van der Waals surface area contributed by atoms with Crippen molar-refractivity contribution in [2.24, 2.45) is 5.11 Å². The van der Waals surface area contributed by atoms with Gasteiger partial charge in [-0.3, -0.25) is 0 Å². The van der Waals surface area contributed by atoms with Crippen LogP contribution in [0.5, 0.6) is 5.75 Å². The third kappa shape index (κ3) is 7.57. The molecule has 1 rings (SSSR count). The third-order valence-corrected chi connectivity index (χ3v) is 3.82. The summed E-state index contributed by atoms with van der Waals surface area (Å²) in [6.07, 6.45) is 9.09. The molecule has 0 saturated heterocycles. The Balaban J connectivity index is 2.49. The van der Waals surface area contributed by atoms with E-state index >= 15 is 0 Å². The summed E-state index contributed by atoms with van der Waals surface area (Å²) in [6.45, 7) is 5.31. The van der Waals surface area contributed by atoms with Crippen LogP contribution in [0.25, 0.3) is 0 Å². The van der Waals surface area contributed by atoms with Gasteiger partial charge in [-0.2, -0.15) is 5.53 Å². The summed E-state index contributed by atoms with van der Waals surface area (Å²) in [5.74, 6) is 0.246. The molecule has 1 aromatic rings. The summed E-state index contributed by atoms with van der Waals surface area (Å²) >= 11 is 0. The highest BCUT2D eigenvalue weighted by Crippen LogP contribution is 2.25. The minimum absolute atomic E-state index is 0.356. The highest BCUT2D eigenvalue weighted by Gasteiger charge is 2.15. The predicted octanol–water partition coefficient (Wildman–Crippen LogP) is 4.23. The van der Waals surface area contributed by atoms with Gasteiger partial charge in [0, 0.05) is 0 Å². The van der Waals surface area contributed by atoms with E-state index < -0.39 is 5.97 Å². The van der Waals surface area contributed by atoms with Crippen LogP contribution in [-0.4, -0.2) is 19.2 Å². The molecule has 0 aliphatic carbocycles. The van der Waals surface area contributed by atoms with Gasteiger partial charge in [0.05, 0.1) is 18.8 Å². The molecule has 24 heavy (non-hydrogen) atoms. The van der Waals surface area contributed by atoms with Crippen molar-refractivity contribution in [1.82, 2.24) is 0 Å². The minimum Gasteiger partial charge on any atom is -0.494 e. The number of ether oxygens (including phenoxy) is 2. The van der Waals surface area contributed by atoms with Gasteiger partial charge >= 0.3 is 5.97 Å². The van der Waals surface area contributed by atoms with Gasteiger partial charge in [0.1, 0.15) is 11.4 Å². The second-order valence-electron chi connectivity index (χ2n) is 5.91. The van der Waals surface area contributed by atoms with Gasteiger partial charge in [0.2, 0.25) is 0 Å². The SMILES string of the molecule is CCCCCCCCOc1ccc(N=[NH2+])c(C(=O)OCCCC)c1. The fourth-order valence-electron chi connectivity index (χ4n) is 2.34. The summed E-state index contributed by atoms with van der Waals surface area (Å²) in [5, 5.41) is 3.64. The number of esters is 1. The fraction of sp³-hybridized carbons (Fsp3) is 0.632. The summed E-state index contributed by atoms with van der Waals surface area (Å²) in [5.41, 5.74) is 6.12. The summed E-state index contributed by atoms with van der Waals surface area (Å²) in [4.78, 5) is 12.1. The van der Waals surface area contributed by atoms with Crippen LogP contribution in [0.1, 0.15) is 75.6 Å². The highest BCUT2D eigenvalue weighted by atomic mass is 16.5. The van der Waals surface area contributed by atoms with Crippen LogP contribution in [0.3, 0.4) is 0 Å². The Morgan fingerprint density at radius 1 is 1.00 bits per heavy atom. The molecule has 0 bridgehead atoms. The van der Waals surface area contributed by atoms with E-state index in [2.05, 4.69) is 12.0 Å². The number of hydrogen-bond acceptors (Lipinski definition) is 4. The number of unbranched alkanes of at least 4 members (excludes halogenated alkanes) is 6. The van der Waals surface area contributed by atoms with E-state index in [1.165, 1.54) is 32.1 Å². The smallest absolute Gasteiger partial charge is 0.340 e. The summed E-state index contributed by atoms with van der Waals surface area (Å²) < 4.78 is 11.0. The van der Waals surface area contributed by atoms with Crippen molar-refractivity contribution in [1.29, 1.82) is 0 Å². The molecule has 0 atom stereocenters. The molecular formula is C19H31N2O3+. The van der Waals surface area contributed by atoms with E-state index in [0.29, 0.717) is 30.2 Å². The Hall–Kier alpha value is -1.91. The van der Waals surface area contributed by atoms with E-state index in [4.69, 9.17) is 15.0 Å². The quantitative estimate of drug-likeness (QED) is 0.333. The van der Waals surface area contributed by atoms with Gasteiger partial charge in [-0.05, 0) is 36.2 Å². The molecule has 2 N–H and O–H groups in total. The molecule has 0 heterocycles. The topological polar surface area (TPSA) is 73.5 Å². The van der Waals surface area contributed by atoms with Crippen molar-refractivity contribution < 1.29 is 19.8 Å². The number of hydrogen-bond donors (Lipinski definition) is 1. The molecular weight excluding hydrogens is 304 g/mol. The Morgan fingerprint density at radius 2 is 1.71 bits per heavy atom. The molecule has 5 heteroatoms. The van der Waals surface area contributed by atoms with E-state index in [1.807, 2.05) is 6.92 Å². The first-order valence-corrected chi connectivity index (χ1v) is 9.07. The van der Waals surface area contributed by atoms with E-state index in [9.17, 15) is 4.79 Å². The van der Waals surface area contributed by atoms with E-state index in [1.54, 1.807) is 18.2 Å². The standard InChI is InChI=1S/C19H30N2O3/c1-3-5-7-8-9-10-14-23-16-11-12-18(21-20)17(15-16)19(22)24-13-6-4-2/h11-12,15,20H,3-10,13-14H2,1-2H3/p+1. The molecule has 0 amide bonds. The maximum absolute atomic E-state index is 12.1. The average Bonchev–Trinajstić information content (AvgIpc) is 2.61. The first kappa shape index (κ1) is 20.1. The lowest BCUT2D eigenvalue weighted by atomic mass is 10.1. The van der Waals surface area contributed by atoms with Crippen molar-refractivity contribution >= 4 is 11.7 Å². The van der Waals surface area contributed by atoms with Gasteiger partial charge in [0.15, 0.2) is 0 Å². The molecule has 0 saturated carbocycles. The lowest BCUT2D eigenvalue weighted by Gasteiger charge is -2.09. The molecule has 134 valence electrons. The third-order valence-electron chi connectivity index (χ3n) is 3.82. The first-order chi connectivity index (χ1) is 11.7. The Labute approximate surface area is 145 Å². The Morgan fingerprint density at radius 3 is 2.42 bits per heavy atom. The number of benzene rings is 1. The van der Waals surface area contributed by atoms with Gasteiger partial charge < -0.3 is 9.47 Å². The molecule has 5 nitrogen and oxygen atoms in total. The second-order valence-corrected chi connectivity index (χ2v) is 5.91. The van der Waals surface area contributed by atoms with Gasteiger partial charge in [0.25, 0.3) is 0 Å². The molecule has 0 aromatic heterocycles. The molecule has 0 unspecified atom stereocenters. The largest absolute Gasteiger partial charge is 0.494 e. The molecule has 0 aliphatic heterocycles. The summed E-state index contributed by atoms with van der Waals surface area (Å²) in [7, 11) is 0. The van der Waals surface area contributed by atoms with Crippen LogP contribution in [0, 0.1) is 0 Å². The zero-order chi connectivity index (χ0) is 17.6. The predicted molar refractivity (Wildman–Crippen MR) is 94.5 cm³/mol. The van der Waals surface area contributed by atoms with Crippen molar-refractivity contribution in [2.75, 3.05) is 13.2 Å². The fourth-order valence-corrected chi connectivity index (χ4v) is 2.34. The van der Waals surface area contributed by atoms with E-state index in [-0.39, 0.29) is 0 Å². The number of rotatable bonds is 13. The Kier molecular flexibility index (Phi) is 10.5. The monoisotopic (exact) mass is 335 g/mol. The molecule has 1 aromatic carbocycles.